The molecule has 0 bridgehead atoms. The molecule has 536 valence electrons. The van der Waals surface area contributed by atoms with Gasteiger partial charge < -0.3 is 45.3 Å². The van der Waals surface area contributed by atoms with E-state index in [0.717, 1.165) is 165 Å². The molecule has 1 aromatic rings. The maximum absolute atomic E-state index is 13.6. The number of ketones is 1. The molecular formula is C73H129N5O15. The summed E-state index contributed by atoms with van der Waals surface area (Å²) in [5.41, 5.74) is -0.668. The minimum absolute atomic E-state index is 0.132. The summed E-state index contributed by atoms with van der Waals surface area (Å²) in [7, 11) is 0. The number of carbonyl (C=O) groups is 8. The predicted molar refractivity (Wildman–Crippen MR) is 363 cm³/mol. The summed E-state index contributed by atoms with van der Waals surface area (Å²) < 4.78 is 18.5. The lowest BCUT2D eigenvalue weighted by Crippen LogP contribution is -2.47. The minimum Gasteiger partial charge on any atom is -0.481 e. The highest BCUT2D eigenvalue weighted by molar-refractivity contribution is 6.02. The Hall–Kier alpha value is -4.98. The van der Waals surface area contributed by atoms with Crippen LogP contribution in [0.4, 0.5) is 0 Å². The van der Waals surface area contributed by atoms with Crippen LogP contribution in [0.3, 0.4) is 0 Å². The van der Waals surface area contributed by atoms with Crippen molar-refractivity contribution in [1.29, 1.82) is 0 Å². The Bertz CT molecular complexity index is 2210. The number of aromatic nitrogens is 3. The van der Waals surface area contributed by atoms with Gasteiger partial charge in [-0.15, -0.1) is 5.10 Å². The number of carboxylic acid groups (broad SMARTS) is 4. The van der Waals surface area contributed by atoms with Crippen molar-refractivity contribution >= 4 is 47.4 Å². The van der Waals surface area contributed by atoms with Gasteiger partial charge in [-0.2, -0.15) is 0 Å². The lowest BCUT2D eigenvalue weighted by molar-refractivity contribution is -0.159. The van der Waals surface area contributed by atoms with E-state index in [4.69, 9.17) is 24.4 Å². The molecule has 20 nitrogen and oxygen atoms in total. The van der Waals surface area contributed by atoms with E-state index >= 15 is 0 Å². The Kier molecular flexibility index (Phi) is 48.1. The first-order chi connectivity index (χ1) is 45.0. The van der Waals surface area contributed by atoms with Gasteiger partial charge in [0.25, 0.3) is 0 Å². The molecule has 2 amide bonds. The number of nitrogens with zero attached hydrogens (tertiary/aromatic N) is 3. The molecule has 2 unspecified atom stereocenters. The van der Waals surface area contributed by atoms with E-state index in [1.165, 1.54) is 71.1 Å². The highest BCUT2D eigenvalue weighted by Crippen LogP contribution is 2.53. The molecule has 2 aliphatic rings. The van der Waals surface area contributed by atoms with E-state index in [9.17, 15) is 48.6 Å². The number of fused-ring (bicyclic) bond motifs is 2. The summed E-state index contributed by atoms with van der Waals surface area (Å²) in [6.07, 6.45) is 41.3. The van der Waals surface area contributed by atoms with E-state index in [1.807, 2.05) is 11.6 Å². The number of carboxylic acids is 4. The van der Waals surface area contributed by atoms with Crippen LogP contribution >= 0.6 is 0 Å². The first-order valence-electron chi connectivity index (χ1n) is 37.2. The van der Waals surface area contributed by atoms with Crippen molar-refractivity contribution in [2.75, 3.05) is 46.1 Å². The molecule has 5 atom stereocenters. The molecule has 0 radical (unpaired) electrons. The van der Waals surface area contributed by atoms with Crippen LogP contribution in [0.2, 0.25) is 0 Å². The molecule has 2 aliphatic carbocycles. The van der Waals surface area contributed by atoms with Gasteiger partial charge in [-0.1, -0.05) is 231 Å². The SMILES string of the molecule is CCCCCCCCCCCC(CCCCCCCCCCC(=O)O)(C(=O)O)C(=O)NCCOCCC(=O)CC.CCCCCCCCCCCC(CCCCCCCCCCC(=O)O)(C(=O)O)C(=O)NCCOCCn1nnc2c1CC[C@H]1[C@@H](CC2)[C@H]1COC(C)=O. The van der Waals surface area contributed by atoms with Crippen LogP contribution in [-0.4, -0.2) is 129 Å². The zero-order chi connectivity index (χ0) is 68.2. The molecule has 1 saturated carbocycles. The molecule has 0 aliphatic heterocycles. The van der Waals surface area contributed by atoms with Crippen molar-refractivity contribution in [3.05, 3.63) is 11.4 Å². The third-order valence-corrected chi connectivity index (χ3v) is 19.4. The van der Waals surface area contributed by atoms with Crippen molar-refractivity contribution < 1.29 is 73.0 Å². The number of Topliss-reactive ketones (excluding diaryl/α,β-unsaturated/α-hetero) is 1. The van der Waals surface area contributed by atoms with Gasteiger partial charge in [0.2, 0.25) is 11.8 Å². The van der Waals surface area contributed by atoms with Gasteiger partial charge >= 0.3 is 29.8 Å². The van der Waals surface area contributed by atoms with Crippen LogP contribution in [0.25, 0.3) is 0 Å². The number of esters is 1. The van der Waals surface area contributed by atoms with Gasteiger partial charge in [-0.05, 0) is 82.0 Å². The first-order valence-corrected chi connectivity index (χ1v) is 37.2. The Morgan fingerprint density at radius 1 is 0.473 bits per heavy atom. The van der Waals surface area contributed by atoms with Crippen LogP contribution in [0, 0.1) is 28.6 Å². The molecular weight excluding hydrogens is 1190 g/mol. The third kappa shape index (κ3) is 37.8. The lowest BCUT2D eigenvalue weighted by Gasteiger charge is -2.28. The number of aryl methyl sites for hydroxylation is 1. The molecule has 20 heteroatoms. The maximum Gasteiger partial charge on any atom is 0.319 e. The van der Waals surface area contributed by atoms with Crippen LogP contribution < -0.4 is 10.6 Å². The fraction of sp³-hybridized carbons (Fsp3) is 0.863. The zero-order valence-electron chi connectivity index (χ0n) is 58.5. The van der Waals surface area contributed by atoms with E-state index < -0.39 is 46.5 Å². The number of hydrogen-bond donors (Lipinski definition) is 6. The van der Waals surface area contributed by atoms with E-state index in [2.05, 4.69) is 34.8 Å². The maximum atomic E-state index is 13.6. The summed E-state index contributed by atoms with van der Waals surface area (Å²) in [6.45, 7) is 10.5. The van der Waals surface area contributed by atoms with Gasteiger partial charge in [-0.25, -0.2) is 4.68 Å². The molecule has 0 spiro atoms. The average molecular weight is 1320 g/mol. The fourth-order valence-electron chi connectivity index (χ4n) is 13.3. The molecule has 3 rings (SSSR count). The monoisotopic (exact) mass is 1320 g/mol. The van der Waals surface area contributed by atoms with Crippen LogP contribution in [0.1, 0.15) is 322 Å². The summed E-state index contributed by atoms with van der Waals surface area (Å²) in [5, 5.41) is 52.8. The molecule has 1 fully saturated rings. The third-order valence-electron chi connectivity index (χ3n) is 19.4. The molecule has 1 heterocycles. The Labute approximate surface area is 559 Å². The van der Waals surface area contributed by atoms with Crippen molar-refractivity contribution in [3.63, 3.8) is 0 Å². The van der Waals surface area contributed by atoms with Crippen LogP contribution in [-0.2, 0) is 72.0 Å². The van der Waals surface area contributed by atoms with Gasteiger partial charge in [0.05, 0.1) is 51.0 Å². The molecule has 0 saturated heterocycles. The topological polar surface area (TPSA) is 300 Å². The number of carbonyl (C=O) groups excluding carboxylic acids is 4. The minimum atomic E-state index is -1.44. The number of aliphatic carboxylic acids is 4. The Morgan fingerprint density at radius 3 is 1.20 bits per heavy atom. The summed E-state index contributed by atoms with van der Waals surface area (Å²) in [5.74, 6) is -2.87. The quantitative estimate of drug-likeness (QED) is 0.0201. The van der Waals surface area contributed by atoms with Gasteiger partial charge in [-0.3, -0.25) is 38.4 Å². The van der Waals surface area contributed by atoms with Gasteiger partial charge in [0.15, 0.2) is 0 Å². The molecule has 6 N–H and O–H groups in total. The number of amides is 2. The summed E-state index contributed by atoms with van der Waals surface area (Å²) in [6, 6.07) is 0. The van der Waals surface area contributed by atoms with E-state index in [-0.39, 0.29) is 50.9 Å². The van der Waals surface area contributed by atoms with Crippen LogP contribution in [0.5, 0.6) is 0 Å². The van der Waals surface area contributed by atoms with Gasteiger partial charge in [0, 0.05) is 45.7 Å². The largest absolute Gasteiger partial charge is 0.481 e. The fourth-order valence-corrected chi connectivity index (χ4v) is 13.3. The number of unbranched alkanes of at least 4 members (excludes halogenated alkanes) is 30. The van der Waals surface area contributed by atoms with Crippen molar-refractivity contribution in [2.45, 2.75) is 330 Å². The zero-order valence-corrected chi connectivity index (χ0v) is 58.5. The molecule has 1 aromatic heterocycles. The number of ether oxygens (including phenoxy) is 3. The normalized spacial score (nSPS) is 16.2. The lowest BCUT2D eigenvalue weighted by atomic mass is 9.76. The summed E-state index contributed by atoms with van der Waals surface area (Å²) in [4.78, 5) is 96.1. The van der Waals surface area contributed by atoms with Crippen molar-refractivity contribution in [3.8, 4) is 0 Å². The predicted octanol–water partition coefficient (Wildman–Crippen LogP) is 15.2. The second kappa shape index (κ2) is 53.2. The van der Waals surface area contributed by atoms with Crippen molar-refractivity contribution in [2.24, 2.45) is 28.6 Å². The molecule has 93 heavy (non-hydrogen) atoms. The second-order valence-corrected chi connectivity index (χ2v) is 26.8. The molecule has 0 aromatic carbocycles. The Morgan fingerprint density at radius 2 is 0.839 bits per heavy atom. The van der Waals surface area contributed by atoms with Gasteiger partial charge in [0.1, 0.15) is 16.6 Å². The number of rotatable bonds is 61. The van der Waals surface area contributed by atoms with Crippen LogP contribution in [0.15, 0.2) is 0 Å². The smallest absolute Gasteiger partial charge is 0.319 e. The summed E-state index contributed by atoms with van der Waals surface area (Å²) >= 11 is 0. The number of hydrogen-bond acceptors (Lipinski definition) is 13. The average Bonchev–Trinajstić information content (AvgIpc) is 1.65. The highest BCUT2D eigenvalue weighted by atomic mass is 16.5. The highest BCUT2D eigenvalue weighted by Gasteiger charge is 2.50. The Balaban J connectivity index is 0.000000661. The number of nitrogens with one attached hydrogen (secondary N) is 2. The van der Waals surface area contributed by atoms with E-state index in [0.29, 0.717) is 108 Å². The first kappa shape index (κ1) is 84.1. The standard InChI is InChI=1S/C41H70N4O8.C32H59NO7/c1-3-4-5-6-7-9-12-15-18-25-41(40(50)51,26-19-16-13-10-8-11-14-17-20-38(47)48)39(49)42-27-29-52-30-28-45-37-24-22-34-33(21-23-36(37)43-44-45)35(34)31-53-32(2)46;1-3-5-6-7-8-10-13-16-19-23-32(31(38)39,30(37)33-25-27-40-26-22-28(34)4-2)24-20-17-14-11-9-12-15-18-21-29(35)36/h33-35H,3-31H2,1-2H3,(H,42,49)(H,47,48)(H,50,51);3-27H2,1-2H3,(H,33,37)(H,35,36)(H,38,39)/t33-,34+,35-,41?;/m1./s1. The van der Waals surface area contributed by atoms with E-state index in [1.54, 1.807) is 0 Å². The van der Waals surface area contributed by atoms with Crippen molar-refractivity contribution in [1.82, 2.24) is 25.6 Å². The second-order valence-electron chi connectivity index (χ2n) is 26.8.